The highest BCUT2D eigenvalue weighted by atomic mass is 32.1. The predicted molar refractivity (Wildman–Crippen MR) is 93.2 cm³/mol. The molecule has 128 valence electrons. The Balaban J connectivity index is 1.84. The van der Waals surface area contributed by atoms with Gasteiger partial charge in [-0.2, -0.15) is 0 Å². The summed E-state index contributed by atoms with van der Waals surface area (Å²) in [4.78, 5) is 17.4. The van der Waals surface area contributed by atoms with Crippen molar-refractivity contribution in [1.82, 2.24) is 4.98 Å². The molecule has 0 bridgehead atoms. The lowest BCUT2D eigenvalue weighted by Gasteiger charge is -2.03. The van der Waals surface area contributed by atoms with Crippen LogP contribution in [-0.2, 0) is 0 Å². The summed E-state index contributed by atoms with van der Waals surface area (Å²) in [6.07, 6.45) is 0. The van der Waals surface area contributed by atoms with Gasteiger partial charge in [0.25, 0.3) is 5.91 Å². The second-order valence-electron chi connectivity index (χ2n) is 5.21. The van der Waals surface area contributed by atoms with E-state index in [2.05, 4.69) is 10.3 Å². The number of carbonyl (C=O) groups is 1. The summed E-state index contributed by atoms with van der Waals surface area (Å²) in [7, 11) is 1.59. The van der Waals surface area contributed by atoms with Gasteiger partial charge in [0, 0.05) is 10.4 Å². The Bertz CT molecular complexity index is 923. The van der Waals surface area contributed by atoms with Crippen LogP contribution in [0, 0.1) is 18.6 Å². The first-order chi connectivity index (χ1) is 12.0. The van der Waals surface area contributed by atoms with E-state index < -0.39 is 17.5 Å². The van der Waals surface area contributed by atoms with Gasteiger partial charge < -0.3 is 4.74 Å². The van der Waals surface area contributed by atoms with Gasteiger partial charge in [-0.15, -0.1) is 11.3 Å². The summed E-state index contributed by atoms with van der Waals surface area (Å²) in [6, 6.07) is 10.8. The molecule has 7 heteroatoms. The minimum Gasteiger partial charge on any atom is -0.497 e. The summed E-state index contributed by atoms with van der Waals surface area (Å²) < 4.78 is 32.1. The molecule has 0 fully saturated rings. The Morgan fingerprint density at radius 2 is 1.88 bits per heavy atom. The number of thiazole rings is 1. The molecule has 4 nitrogen and oxygen atoms in total. The third-order valence-electron chi connectivity index (χ3n) is 3.58. The lowest BCUT2D eigenvalue weighted by Crippen LogP contribution is -2.14. The SMILES string of the molecule is COc1ccc(-c2nc(NC(=O)c3cccc(F)c3F)sc2C)cc1. The van der Waals surface area contributed by atoms with Crippen molar-refractivity contribution in [3.8, 4) is 17.0 Å². The molecule has 3 rings (SSSR count). The number of ether oxygens (including phenoxy) is 1. The molecular formula is C18H14F2N2O2S. The molecule has 3 aromatic rings. The van der Waals surface area contributed by atoms with Crippen molar-refractivity contribution >= 4 is 22.4 Å². The topological polar surface area (TPSA) is 51.2 Å². The molecule has 0 aliphatic carbocycles. The van der Waals surface area contributed by atoms with E-state index in [0.717, 1.165) is 22.3 Å². The monoisotopic (exact) mass is 360 g/mol. The maximum Gasteiger partial charge on any atom is 0.260 e. The fraction of sp³-hybridized carbons (Fsp3) is 0.111. The number of nitrogens with zero attached hydrogens (tertiary/aromatic N) is 1. The van der Waals surface area contributed by atoms with Crippen LogP contribution < -0.4 is 10.1 Å². The molecule has 0 saturated heterocycles. The summed E-state index contributed by atoms with van der Waals surface area (Å²) in [5, 5.41) is 2.83. The summed E-state index contributed by atoms with van der Waals surface area (Å²) >= 11 is 1.26. The average Bonchev–Trinajstić information content (AvgIpc) is 2.97. The molecule has 2 aromatic carbocycles. The number of halogens is 2. The Morgan fingerprint density at radius 3 is 2.56 bits per heavy atom. The Hall–Kier alpha value is -2.80. The Kier molecular flexibility index (Phi) is 4.76. The van der Waals surface area contributed by atoms with E-state index >= 15 is 0 Å². The zero-order valence-corrected chi connectivity index (χ0v) is 14.3. The average molecular weight is 360 g/mol. The smallest absolute Gasteiger partial charge is 0.260 e. The first-order valence-electron chi connectivity index (χ1n) is 7.37. The number of amides is 1. The van der Waals surface area contributed by atoms with E-state index in [1.807, 2.05) is 31.2 Å². The zero-order valence-electron chi connectivity index (χ0n) is 13.5. The van der Waals surface area contributed by atoms with Gasteiger partial charge in [0.05, 0.1) is 18.4 Å². The fourth-order valence-corrected chi connectivity index (χ4v) is 3.14. The van der Waals surface area contributed by atoms with E-state index in [9.17, 15) is 13.6 Å². The third kappa shape index (κ3) is 3.51. The fourth-order valence-electron chi connectivity index (χ4n) is 2.31. The van der Waals surface area contributed by atoms with Crippen molar-refractivity contribution in [2.24, 2.45) is 0 Å². The first kappa shape index (κ1) is 17.0. The molecular weight excluding hydrogens is 346 g/mol. The van der Waals surface area contributed by atoms with Gasteiger partial charge in [-0.3, -0.25) is 10.1 Å². The van der Waals surface area contributed by atoms with Crippen LogP contribution in [0.4, 0.5) is 13.9 Å². The molecule has 1 heterocycles. The molecule has 25 heavy (non-hydrogen) atoms. The maximum atomic E-state index is 13.7. The van der Waals surface area contributed by atoms with Crippen LogP contribution in [0.3, 0.4) is 0 Å². The van der Waals surface area contributed by atoms with Gasteiger partial charge in [-0.05, 0) is 43.3 Å². The van der Waals surface area contributed by atoms with Crippen LogP contribution in [0.5, 0.6) is 5.75 Å². The highest BCUT2D eigenvalue weighted by molar-refractivity contribution is 7.16. The van der Waals surface area contributed by atoms with Gasteiger partial charge in [0.1, 0.15) is 5.75 Å². The Morgan fingerprint density at radius 1 is 1.16 bits per heavy atom. The van der Waals surface area contributed by atoms with Crippen LogP contribution in [0.2, 0.25) is 0 Å². The molecule has 0 spiro atoms. The number of hydrogen-bond donors (Lipinski definition) is 1. The lowest BCUT2D eigenvalue weighted by atomic mass is 10.1. The maximum absolute atomic E-state index is 13.7. The van der Waals surface area contributed by atoms with Crippen molar-refractivity contribution in [1.29, 1.82) is 0 Å². The van der Waals surface area contributed by atoms with E-state index in [1.165, 1.54) is 23.5 Å². The van der Waals surface area contributed by atoms with Crippen molar-refractivity contribution in [2.45, 2.75) is 6.92 Å². The quantitative estimate of drug-likeness (QED) is 0.736. The number of nitrogens with one attached hydrogen (secondary N) is 1. The lowest BCUT2D eigenvalue weighted by molar-refractivity contribution is 0.102. The van der Waals surface area contributed by atoms with Crippen LogP contribution >= 0.6 is 11.3 Å². The third-order valence-corrected chi connectivity index (χ3v) is 4.46. The number of hydrogen-bond acceptors (Lipinski definition) is 4. The van der Waals surface area contributed by atoms with Crippen LogP contribution in [0.15, 0.2) is 42.5 Å². The van der Waals surface area contributed by atoms with Gasteiger partial charge >= 0.3 is 0 Å². The number of benzene rings is 2. The van der Waals surface area contributed by atoms with Crippen LogP contribution in [-0.4, -0.2) is 18.0 Å². The minimum atomic E-state index is -1.18. The zero-order chi connectivity index (χ0) is 18.0. The van der Waals surface area contributed by atoms with E-state index in [4.69, 9.17) is 4.74 Å². The van der Waals surface area contributed by atoms with Crippen LogP contribution in [0.25, 0.3) is 11.3 Å². The summed E-state index contributed by atoms with van der Waals surface area (Å²) in [6.45, 7) is 1.87. The van der Waals surface area contributed by atoms with Gasteiger partial charge in [-0.25, -0.2) is 13.8 Å². The van der Waals surface area contributed by atoms with Gasteiger partial charge in [0.15, 0.2) is 16.8 Å². The van der Waals surface area contributed by atoms with Crippen molar-refractivity contribution < 1.29 is 18.3 Å². The van der Waals surface area contributed by atoms with E-state index in [-0.39, 0.29) is 5.56 Å². The molecule has 0 atom stereocenters. The molecule has 1 amide bonds. The van der Waals surface area contributed by atoms with E-state index in [1.54, 1.807) is 7.11 Å². The largest absolute Gasteiger partial charge is 0.497 e. The van der Waals surface area contributed by atoms with Crippen molar-refractivity contribution in [3.05, 3.63) is 64.5 Å². The van der Waals surface area contributed by atoms with Gasteiger partial charge in [-0.1, -0.05) is 6.07 Å². The second-order valence-corrected chi connectivity index (χ2v) is 6.41. The normalized spacial score (nSPS) is 10.6. The molecule has 0 aliphatic heterocycles. The predicted octanol–water partition coefficient (Wildman–Crippen LogP) is 4.66. The molecule has 1 aromatic heterocycles. The molecule has 0 saturated carbocycles. The number of aromatic nitrogens is 1. The van der Waals surface area contributed by atoms with Crippen molar-refractivity contribution in [3.63, 3.8) is 0 Å². The molecule has 1 N–H and O–H groups in total. The number of aryl methyl sites for hydroxylation is 1. The molecule has 0 unspecified atom stereocenters. The van der Waals surface area contributed by atoms with E-state index in [0.29, 0.717) is 10.8 Å². The van der Waals surface area contributed by atoms with Gasteiger partial charge in [0.2, 0.25) is 0 Å². The second kappa shape index (κ2) is 6.98. The highest BCUT2D eigenvalue weighted by Gasteiger charge is 2.17. The number of anilines is 1. The number of carbonyl (C=O) groups excluding carboxylic acids is 1. The first-order valence-corrected chi connectivity index (χ1v) is 8.18. The number of methoxy groups -OCH3 is 1. The van der Waals surface area contributed by atoms with Crippen LogP contribution in [0.1, 0.15) is 15.2 Å². The van der Waals surface area contributed by atoms with Crippen molar-refractivity contribution in [2.75, 3.05) is 12.4 Å². The molecule has 0 radical (unpaired) electrons. The Labute approximate surface area is 147 Å². The number of rotatable bonds is 4. The molecule has 0 aliphatic rings. The summed E-state index contributed by atoms with van der Waals surface area (Å²) in [5.41, 5.74) is 1.22. The standard InChI is InChI=1S/C18H14F2N2O2S/c1-10-16(11-6-8-12(24-2)9-7-11)21-18(25-10)22-17(23)13-4-3-5-14(19)15(13)20/h3-9H,1-2H3,(H,21,22,23). The highest BCUT2D eigenvalue weighted by Crippen LogP contribution is 2.31. The summed E-state index contributed by atoms with van der Waals surface area (Å²) in [5.74, 6) is -2.26. The minimum absolute atomic E-state index is 0.317.